The van der Waals surface area contributed by atoms with Crippen molar-refractivity contribution in [3.63, 3.8) is 0 Å². The molecule has 1 saturated heterocycles. The van der Waals surface area contributed by atoms with Crippen LogP contribution in [0.25, 0.3) is 0 Å². The first-order chi connectivity index (χ1) is 14.0. The molecule has 2 amide bonds. The second-order valence-electron chi connectivity index (χ2n) is 7.85. The van der Waals surface area contributed by atoms with Gasteiger partial charge in [0.25, 0.3) is 0 Å². The van der Waals surface area contributed by atoms with Crippen molar-refractivity contribution in [2.45, 2.75) is 63.6 Å². The maximum atomic E-state index is 12.4. The summed E-state index contributed by atoms with van der Waals surface area (Å²) < 4.78 is 0. The minimum Gasteiger partial charge on any atom is -0.371 e. The van der Waals surface area contributed by atoms with E-state index in [1.165, 1.54) is 12.8 Å². The Kier molecular flexibility index (Phi) is 6.86. The van der Waals surface area contributed by atoms with Crippen LogP contribution in [0.2, 0.25) is 0 Å². The van der Waals surface area contributed by atoms with Crippen LogP contribution in [0, 0.1) is 12.3 Å². The molecule has 1 aromatic carbocycles. The van der Waals surface area contributed by atoms with Gasteiger partial charge in [0.2, 0.25) is 11.8 Å². The molecule has 1 atom stereocenters. The first-order valence-electron chi connectivity index (χ1n) is 10.3. The lowest BCUT2D eigenvalue weighted by Crippen LogP contribution is -2.36. The highest BCUT2D eigenvalue weighted by molar-refractivity contribution is 5.92. The molecule has 1 fully saturated rings. The quantitative estimate of drug-likeness (QED) is 0.595. The molecule has 3 rings (SSSR count). The van der Waals surface area contributed by atoms with Gasteiger partial charge in [0.05, 0.1) is 0 Å². The van der Waals surface area contributed by atoms with E-state index in [0.29, 0.717) is 25.7 Å². The van der Waals surface area contributed by atoms with E-state index < -0.39 is 5.66 Å². The number of hydrogen-bond donors (Lipinski definition) is 2. The maximum absolute atomic E-state index is 12.4. The smallest absolute Gasteiger partial charge is 0.226 e. The van der Waals surface area contributed by atoms with Gasteiger partial charge in [-0.05, 0) is 38.0 Å². The summed E-state index contributed by atoms with van der Waals surface area (Å²) in [5.74, 6) is 2.36. The molecule has 2 aliphatic heterocycles. The molecule has 0 radical (unpaired) electrons. The monoisotopic (exact) mass is 395 g/mol. The molecule has 0 bridgehead atoms. The summed E-state index contributed by atoms with van der Waals surface area (Å²) >= 11 is 0. The zero-order valence-corrected chi connectivity index (χ0v) is 17.0. The van der Waals surface area contributed by atoms with Crippen LogP contribution < -0.4 is 15.5 Å². The molecule has 0 aliphatic carbocycles. The third-order valence-corrected chi connectivity index (χ3v) is 5.31. The topological polar surface area (TPSA) is 86.2 Å². The van der Waals surface area contributed by atoms with Crippen molar-refractivity contribution in [2.75, 3.05) is 23.3 Å². The lowest BCUT2D eigenvalue weighted by atomic mass is 10.0. The van der Waals surface area contributed by atoms with Crippen molar-refractivity contribution in [1.82, 2.24) is 5.32 Å². The maximum Gasteiger partial charge on any atom is 0.226 e. The van der Waals surface area contributed by atoms with E-state index in [4.69, 9.17) is 6.42 Å². The van der Waals surface area contributed by atoms with Crippen molar-refractivity contribution in [2.24, 2.45) is 10.2 Å². The van der Waals surface area contributed by atoms with Gasteiger partial charge in [0, 0.05) is 62.6 Å². The molecule has 0 aromatic heterocycles. The number of amides is 2. The normalized spacial score (nSPS) is 17.4. The van der Waals surface area contributed by atoms with Gasteiger partial charge in [0.1, 0.15) is 0 Å². The number of nitrogens with zero attached hydrogens (tertiary/aromatic N) is 3. The summed E-state index contributed by atoms with van der Waals surface area (Å²) in [6.45, 7) is 3.95. The molecule has 2 heterocycles. The van der Waals surface area contributed by atoms with E-state index in [2.05, 4.69) is 37.7 Å². The van der Waals surface area contributed by atoms with Crippen LogP contribution in [-0.4, -0.2) is 36.6 Å². The molecular weight excluding hydrogens is 366 g/mol. The Morgan fingerprint density at radius 2 is 2.00 bits per heavy atom. The Bertz CT molecular complexity index is 802. The molecule has 0 saturated carbocycles. The average molecular weight is 396 g/mol. The minimum atomic E-state index is -0.454. The fourth-order valence-corrected chi connectivity index (χ4v) is 3.63. The van der Waals surface area contributed by atoms with E-state index in [1.54, 1.807) is 0 Å². The molecule has 2 aliphatic rings. The zero-order chi connectivity index (χ0) is 20.7. The summed E-state index contributed by atoms with van der Waals surface area (Å²) in [5.41, 5.74) is 1.46. The molecule has 154 valence electrons. The number of hydrogen-bond acceptors (Lipinski definition) is 5. The first kappa shape index (κ1) is 20.8. The van der Waals surface area contributed by atoms with Gasteiger partial charge in [0.15, 0.2) is 5.66 Å². The summed E-state index contributed by atoms with van der Waals surface area (Å²) in [4.78, 5) is 26.8. The van der Waals surface area contributed by atoms with Crippen LogP contribution in [0.4, 0.5) is 11.4 Å². The van der Waals surface area contributed by atoms with Gasteiger partial charge >= 0.3 is 0 Å². The predicted molar refractivity (Wildman–Crippen MR) is 114 cm³/mol. The highest BCUT2D eigenvalue weighted by atomic mass is 16.2. The molecule has 2 N–H and O–H groups in total. The number of anilines is 2. The summed E-state index contributed by atoms with van der Waals surface area (Å²) in [5, 5.41) is 13.9. The van der Waals surface area contributed by atoms with Crippen molar-refractivity contribution in [3.05, 3.63) is 24.3 Å². The summed E-state index contributed by atoms with van der Waals surface area (Å²) in [6, 6.07) is 7.67. The van der Waals surface area contributed by atoms with Gasteiger partial charge in [-0.1, -0.05) is 6.07 Å². The van der Waals surface area contributed by atoms with Crippen molar-refractivity contribution in [3.8, 4) is 12.3 Å². The van der Waals surface area contributed by atoms with Crippen LogP contribution in [0.15, 0.2) is 34.5 Å². The van der Waals surface area contributed by atoms with E-state index in [9.17, 15) is 9.59 Å². The van der Waals surface area contributed by atoms with Crippen LogP contribution >= 0.6 is 0 Å². The highest BCUT2D eigenvalue weighted by Gasteiger charge is 2.39. The summed E-state index contributed by atoms with van der Waals surface area (Å²) in [6.07, 6.45) is 10.1. The second-order valence-corrected chi connectivity index (χ2v) is 7.85. The third kappa shape index (κ3) is 6.31. The number of rotatable bonds is 10. The number of terminal acetylenes is 1. The fraction of sp³-hybridized carbons (Fsp3) is 0.545. The second kappa shape index (κ2) is 9.55. The van der Waals surface area contributed by atoms with Crippen molar-refractivity contribution >= 4 is 23.2 Å². The molecule has 1 unspecified atom stereocenters. The van der Waals surface area contributed by atoms with E-state index in [0.717, 1.165) is 24.5 Å². The van der Waals surface area contributed by atoms with E-state index in [1.807, 2.05) is 25.1 Å². The Labute approximate surface area is 172 Å². The lowest BCUT2D eigenvalue weighted by molar-refractivity contribution is -0.122. The Balaban J connectivity index is 1.39. The molecular formula is C22H29N5O2. The predicted octanol–water partition coefficient (Wildman–Crippen LogP) is 3.48. The Hall–Kier alpha value is -2.88. The van der Waals surface area contributed by atoms with Crippen LogP contribution in [0.5, 0.6) is 0 Å². The van der Waals surface area contributed by atoms with Crippen molar-refractivity contribution in [1.29, 1.82) is 0 Å². The minimum absolute atomic E-state index is 0.0984. The highest BCUT2D eigenvalue weighted by Crippen LogP contribution is 2.37. The van der Waals surface area contributed by atoms with Gasteiger partial charge in [-0.25, -0.2) is 0 Å². The largest absolute Gasteiger partial charge is 0.371 e. The molecule has 29 heavy (non-hydrogen) atoms. The first-order valence-corrected chi connectivity index (χ1v) is 10.3. The fourth-order valence-electron chi connectivity index (χ4n) is 3.63. The number of nitrogens with one attached hydrogen (secondary N) is 2. The lowest BCUT2D eigenvalue weighted by Gasteiger charge is -2.19. The van der Waals surface area contributed by atoms with Crippen LogP contribution in [0.1, 0.15) is 51.9 Å². The third-order valence-electron chi connectivity index (χ3n) is 5.31. The van der Waals surface area contributed by atoms with Crippen LogP contribution in [0.3, 0.4) is 0 Å². The Morgan fingerprint density at radius 1 is 1.24 bits per heavy atom. The van der Waals surface area contributed by atoms with Gasteiger partial charge in [-0.3, -0.25) is 9.59 Å². The zero-order valence-electron chi connectivity index (χ0n) is 17.0. The van der Waals surface area contributed by atoms with Gasteiger partial charge < -0.3 is 15.5 Å². The molecule has 0 spiro atoms. The molecule has 1 aromatic rings. The van der Waals surface area contributed by atoms with E-state index >= 15 is 0 Å². The summed E-state index contributed by atoms with van der Waals surface area (Å²) in [7, 11) is 0. The Morgan fingerprint density at radius 3 is 2.69 bits per heavy atom. The van der Waals surface area contributed by atoms with Gasteiger partial charge in [-0.15, -0.1) is 12.3 Å². The van der Waals surface area contributed by atoms with Crippen LogP contribution in [-0.2, 0) is 9.59 Å². The number of benzene rings is 1. The van der Waals surface area contributed by atoms with Crippen molar-refractivity contribution < 1.29 is 9.59 Å². The van der Waals surface area contributed by atoms with Gasteiger partial charge in [-0.2, -0.15) is 10.2 Å². The number of carbonyl (C=O) groups is 2. The number of carbonyl (C=O) groups excluding carboxylic acids is 2. The molecule has 7 heteroatoms. The SMILES string of the molecule is C#CCCC1(CCC(=O)NC(C)CC(=O)Nc2cccc(N3CCCC3)c2)N=N1. The average Bonchev–Trinajstić information content (AvgIpc) is 3.24. The molecule has 7 nitrogen and oxygen atoms in total. The van der Waals surface area contributed by atoms with E-state index in [-0.39, 0.29) is 24.3 Å². The standard InChI is InChI=1S/C22H29N5O2/c1-3-4-11-22(25-26-22)12-10-20(28)23-17(2)15-21(29)24-18-8-7-9-19(16-18)27-13-5-6-14-27/h1,7-9,16-17H,4-6,10-15H2,2H3,(H,23,28)(H,24,29).